The van der Waals surface area contributed by atoms with Crippen LogP contribution in [0.5, 0.6) is 0 Å². The molecule has 0 saturated carbocycles. The second-order valence-corrected chi connectivity index (χ2v) is 4.22. The van der Waals surface area contributed by atoms with Crippen molar-refractivity contribution in [2.75, 3.05) is 5.88 Å². The van der Waals surface area contributed by atoms with Gasteiger partial charge in [-0.05, 0) is 19.1 Å². The molecule has 0 spiro atoms. The first-order chi connectivity index (χ1) is 9.11. The number of nitrogens with zero attached hydrogens (tertiary/aromatic N) is 1. The minimum atomic E-state index is -0.471. The molecule has 1 heterocycles. The molecule has 1 aromatic heterocycles. The van der Waals surface area contributed by atoms with Crippen LogP contribution in [0.4, 0.5) is 0 Å². The minimum absolute atomic E-state index is 0.213. The standard InChI is InChI=1S/C13H12ClN3O2/c1-8-10(13(19)17-16-12(18)7-14)6-9-4-2-3-5-11(9)15-8/h2-6H,7H2,1H3,(H,16,18)(H,17,19). The average Bonchev–Trinajstić information content (AvgIpc) is 2.43. The van der Waals surface area contributed by atoms with Crippen molar-refractivity contribution < 1.29 is 9.59 Å². The zero-order chi connectivity index (χ0) is 13.8. The van der Waals surface area contributed by atoms with Crippen molar-refractivity contribution in [3.63, 3.8) is 0 Å². The number of benzene rings is 1. The molecule has 0 saturated heterocycles. The largest absolute Gasteiger partial charge is 0.272 e. The van der Waals surface area contributed by atoms with Gasteiger partial charge in [0.1, 0.15) is 5.88 Å². The number of hydrogen-bond donors (Lipinski definition) is 2. The van der Waals surface area contributed by atoms with Crippen LogP contribution in [0, 0.1) is 6.92 Å². The van der Waals surface area contributed by atoms with Gasteiger partial charge in [0.15, 0.2) is 0 Å². The predicted octanol–water partition coefficient (Wildman–Crippen LogP) is 1.54. The van der Waals surface area contributed by atoms with Crippen molar-refractivity contribution in [1.82, 2.24) is 15.8 Å². The van der Waals surface area contributed by atoms with Gasteiger partial charge in [-0.25, -0.2) is 0 Å². The summed E-state index contributed by atoms with van der Waals surface area (Å²) in [5.74, 6) is -1.11. The Morgan fingerprint density at radius 1 is 1.26 bits per heavy atom. The van der Waals surface area contributed by atoms with E-state index in [0.717, 1.165) is 10.9 Å². The maximum absolute atomic E-state index is 11.9. The molecular weight excluding hydrogens is 266 g/mol. The number of fused-ring (bicyclic) bond motifs is 1. The van der Waals surface area contributed by atoms with Crippen molar-refractivity contribution in [1.29, 1.82) is 0 Å². The highest BCUT2D eigenvalue weighted by Crippen LogP contribution is 2.15. The molecule has 0 fully saturated rings. The van der Waals surface area contributed by atoms with Crippen LogP contribution in [0.3, 0.4) is 0 Å². The Morgan fingerprint density at radius 3 is 2.74 bits per heavy atom. The molecular formula is C13H12ClN3O2. The Bertz CT molecular complexity index is 643. The first kappa shape index (κ1) is 13.3. The number of aromatic nitrogens is 1. The number of nitrogens with one attached hydrogen (secondary N) is 2. The molecule has 0 aliphatic rings. The van der Waals surface area contributed by atoms with E-state index in [1.807, 2.05) is 24.3 Å². The van der Waals surface area contributed by atoms with Crippen LogP contribution in [-0.2, 0) is 4.79 Å². The SMILES string of the molecule is Cc1nc2ccccc2cc1C(=O)NNC(=O)CCl. The van der Waals surface area contributed by atoms with Gasteiger partial charge in [-0.1, -0.05) is 18.2 Å². The normalized spacial score (nSPS) is 10.2. The Hall–Kier alpha value is -2.14. The first-order valence-corrected chi connectivity index (χ1v) is 6.17. The highest BCUT2D eigenvalue weighted by molar-refractivity contribution is 6.27. The van der Waals surface area contributed by atoms with E-state index in [1.165, 1.54) is 0 Å². The third-order valence-electron chi connectivity index (χ3n) is 2.60. The van der Waals surface area contributed by atoms with Crippen LogP contribution in [0.15, 0.2) is 30.3 Å². The van der Waals surface area contributed by atoms with Gasteiger partial charge in [-0.2, -0.15) is 0 Å². The van der Waals surface area contributed by atoms with Crippen molar-refractivity contribution in [2.24, 2.45) is 0 Å². The van der Waals surface area contributed by atoms with Gasteiger partial charge in [-0.3, -0.25) is 25.4 Å². The van der Waals surface area contributed by atoms with Crippen LogP contribution < -0.4 is 10.9 Å². The quantitative estimate of drug-likeness (QED) is 0.646. The van der Waals surface area contributed by atoms with Crippen LogP contribution in [-0.4, -0.2) is 22.7 Å². The number of hydrazine groups is 1. The number of alkyl halides is 1. The molecule has 0 bridgehead atoms. The Morgan fingerprint density at radius 2 is 2.00 bits per heavy atom. The maximum atomic E-state index is 11.9. The summed E-state index contributed by atoms with van der Waals surface area (Å²) in [5, 5.41) is 0.863. The molecule has 0 radical (unpaired) electrons. The second kappa shape index (κ2) is 5.67. The third kappa shape index (κ3) is 3.00. The molecule has 2 aromatic rings. The van der Waals surface area contributed by atoms with Gasteiger partial charge >= 0.3 is 0 Å². The number of carbonyl (C=O) groups excluding carboxylic acids is 2. The lowest BCUT2D eigenvalue weighted by Gasteiger charge is -2.09. The third-order valence-corrected chi connectivity index (χ3v) is 2.84. The lowest BCUT2D eigenvalue weighted by atomic mass is 10.1. The zero-order valence-corrected chi connectivity index (χ0v) is 11.0. The summed E-state index contributed by atoms with van der Waals surface area (Å²) in [6, 6.07) is 9.24. The lowest BCUT2D eigenvalue weighted by molar-refractivity contribution is -0.119. The first-order valence-electron chi connectivity index (χ1n) is 5.63. The topological polar surface area (TPSA) is 71.1 Å². The molecule has 2 rings (SSSR count). The molecule has 19 heavy (non-hydrogen) atoms. The number of amides is 2. The van der Waals surface area contributed by atoms with E-state index in [0.29, 0.717) is 11.3 Å². The molecule has 1 aromatic carbocycles. The van der Waals surface area contributed by atoms with E-state index in [2.05, 4.69) is 15.8 Å². The molecule has 0 atom stereocenters. The van der Waals surface area contributed by atoms with Gasteiger partial charge in [-0.15, -0.1) is 11.6 Å². The van der Waals surface area contributed by atoms with Crippen molar-refractivity contribution in [3.05, 3.63) is 41.6 Å². The number of halogens is 1. The fourth-order valence-electron chi connectivity index (χ4n) is 1.67. The second-order valence-electron chi connectivity index (χ2n) is 3.95. The minimum Gasteiger partial charge on any atom is -0.272 e. The van der Waals surface area contributed by atoms with E-state index in [-0.39, 0.29) is 5.88 Å². The van der Waals surface area contributed by atoms with Crippen LogP contribution in [0.25, 0.3) is 10.9 Å². The summed E-state index contributed by atoms with van der Waals surface area (Å²) in [6.45, 7) is 1.74. The fraction of sp³-hybridized carbons (Fsp3) is 0.154. The van der Waals surface area contributed by atoms with Gasteiger partial charge in [0, 0.05) is 5.39 Å². The smallest absolute Gasteiger partial charge is 0.271 e. The number of carbonyl (C=O) groups is 2. The van der Waals surface area contributed by atoms with Crippen molar-refractivity contribution in [3.8, 4) is 0 Å². The average molecular weight is 278 g/mol. The molecule has 0 unspecified atom stereocenters. The summed E-state index contributed by atoms with van der Waals surface area (Å²) in [7, 11) is 0. The predicted molar refractivity (Wildman–Crippen MR) is 72.8 cm³/mol. The fourth-order valence-corrected chi connectivity index (χ4v) is 1.74. The van der Waals surface area contributed by atoms with E-state index >= 15 is 0 Å². The van der Waals surface area contributed by atoms with Crippen LogP contribution in [0.2, 0.25) is 0 Å². The summed E-state index contributed by atoms with van der Waals surface area (Å²) in [5.41, 5.74) is 6.33. The number of pyridine rings is 1. The van der Waals surface area contributed by atoms with Crippen molar-refractivity contribution >= 4 is 34.3 Å². The van der Waals surface area contributed by atoms with Crippen LogP contribution >= 0.6 is 11.6 Å². The van der Waals surface area contributed by atoms with Gasteiger partial charge in [0.25, 0.3) is 11.8 Å². The maximum Gasteiger partial charge on any atom is 0.271 e. The Balaban J connectivity index is 2.26. The van der Waals surface area contributed by atoms with Gasteiger partial charge in [0.05, 0.1) is 16.8 Å². The highest BCUT2D eigenvalue weighted by atomic mass is 35.5. The summed E-state index contributed by atoms with van der Waals surface area (Å²) >= 11 is 5.32. The Labute approximate surface area is 114 Å². The number of hydrogen-bond acceptors (Lipinski definition) is 3. The Kier molecular flexibility index (Phi) is 3.97. The monoisotopic (exact) mass is 277 g/mol. The van der Waals surface area contributed by atoms with E-state index in [1.54, 1.807) is 13.0 Å². The number of rotatable bonds is 2. The summed E-state index contributed by atoms with van der Waals surface area (Å²) in [4.78, 5) is 27.2. The van der Waals surface area contributed by atoms with E-state index < -0.39 is 11.8 Å². The van der Waals surface area contributed by atoms with Crippen molar-refractivity contribution in [2.45, 2.75) is 6.92 Å². The van der Waals surface area contributed by atoms with Crippen LogP contribution in [0.1, 0.15) is 16.1 Å². The van der Waals surface area contributed by atoms with E-state index in [9.17, 15) is 9.59 Å². The number of para-hydroxylation sites is 1. The van der Waals surface area contributed by atoms with E-state index in [4.69, 9.17) is 11.6 Å². The molecule has 5 nitrogen and oxygen atoms in total. The van der Waals surface area contributed by atoms with Gasteiger partial charge in [0.2, 0.25) is 0 Å². The van der Waals surface area contributed by atoms with Gasteiger partial charge < -0.3 is 0 Å². The molecule has 2 N–H and O–H groups in total. The molecule has 0 aliphatic heterocycles. The zero-order valence-electron chi connectivity index (χ0n) is 10.2. The molecule has 98 valence electrons. The highest BCUT2D eigenvalue weighted by Gasteiger charge is 2.12. The number of aryl methyl sites for hydroxylation is 1. The molecule has 2 amide bonds. The molecule has 0 aliphatic carbocycles. The summed E-state index contributed by atoms with van der Waals surface area (Å²) < 4.78 is 0. The molecule has 6 heteroatoms. The summed E-state index contributed by atoms with van der Waals surface area (Å²) in [6.07, 6.45) is 0. The lowest BCUT2D eigenvalue weighted by Crippen LogP contribution is -2.42.